The molecular formula is C28H34N2O3. The molecule has 1 aliphatic rings. The highest BCUT2D eigenvalue weighted by atomic mass is 16.5. The molecule has 0 amide bonds. The second-order valence-corrected chi connectivity index (χ2v) is 8.84. The molecule has 3 aromatic carbocycles. The number of nitrogen functional groups attached to an aromatic ring is 1. The molecule has 1 saturated heterocycles. The Morgan fingerprint density at radius 2 is 1.61 bits per heavy atom. The molecule has 174 valence electrons. The van der Waals surface area contributed by atoms with Crippen molar-refractivity contribution in [3.05, 3.63) is 77.4 Å². The van der Waals surface area contributed by atoms with Crippen LogP contribution in [0.25, 0.3) is 11.1 Å². The van der Waals surface area contributed by atoms with Crippen LogP contribution in [0.1, 0.15) is 29.5 Å². The zero-order chi connectivity index (χ0) is 23.2. The molecule has 1 fully saturated rings. The first-order valence-corrected chi connectivity index (χ1v) is 11.7. The van der Waals surface area contributed by atoms with Crippen molar-refractivity contribution >= 4 is 5.69 Å². The summed E-state index contributed by atoms with van der Waals surface area (Å²) in [5, 5.41) is 9.67. The van der Waals surface area contributed by atoms with Gasteiger partial charge in [0.25, 0.3) is 0 Å². The van der Waals surface area contributed by atoms with E-state index in [9.17, 15) is 5.11 Å². The first-order chi connectivity index (χ1) is 16.0. The van der Waals surface area contributed by atoms with E-state index in [1.807, 2.05) is 48.5 Å². The standard InChI is InChI=1S/C28H34N2O3/c1-20-25(9-4-11-27(20)32-16-6-14-30-15-13-24(31)18-30)26-10-5-12-28(21(26)2)33-19-22-7-3-8-23(29)17-22/h3-5,7-12,17,24,31H,6,13-16,18-19,29H2,1-2H3/t24-/m1/s1. The fourth-order valence-electron chi connectivity index (χ4n) is 4.45. The summed E-state index contributed by atoms with van der Waals surface area (Å²) in [5.41, 5.74) is 12.2. The van der Waals surface area contributed by atoms with Gasteiger partial charge < -0.3 is 25.2 Å². The minimum absolute atomic E-state index is 0.168. The molecule has 1 heterocycles. The number of ether oxygens (including phenoxy) is 2. The van der Waals surface area contributed by atoms with Crippen molar-refractivity contribution in [3.63, 3.8) is 0 Å². The van der Waals surface area contributed by atoms with Gasteiger partial charge in [-0.3, -0.25) is 0 Å². The van der Waals surface area contributed by atoms with Crippen molar-refractivity contribution in [2.24, 2.45) is 0 Å². The summed E-state index contributed by atoms with van der Waals surface area (Å²) in [7, 11) is 0. The van der Waals surface area contributed by atoms with Crippen LogP contribution in [0.2, 0.25) is 0 Å². The highest BCUT2D eigenvalue weighted by molar-refractivity contribution is 5.74. The molecular weight excluding hydrogens is 412 g/mol. The molecule has 1 aliphatic heterocycles. The van der Waals surface area contributed by atoms with Crippen molar-refractivity contribution in [2.75, 3.05) is 32.0 Å². The van der Waals surface area contributed by atoms with Gasteiger partial charge in [0.15, 0.2) is 0 Å². The third kappa shape index (κ3) is 5.86. The van der Waals surface area contributed by atoms with E-state index in [2.05, 4.69) is 30.9 Å². The van der Waals surface area contributed by atoms with Gasteiger partial charge in [-0.15, -0.1) is 0 Å². The number of hydrogen-bond donors (Lipinski definition) is 2. The van der Waals surface area contributed by atoms with Gasteiger partial charge in [-0.25, -0.2) is 0 Å². The monoisotopic (exact) mass is 446 g/mol. The van der Waals surface area contributed by atoms with Crippen LogP contribution < -0.4 is 15.2 Å². The molecule has 4 rings (SSSR count). The van der Waals surface area contributed by atoms with Crippen molar-refractivity contribution < 1.29 is 14.6 Å². The summed E-state index contributed by atoms with van der Waals surface area (Å²) < 4.78 is 12.3. The van der Waals surface area contributed by atoms with Crippen LogP contribution in [-0.4, -0.2) is 42.4 Å². The summed E-state index contributed by atoms with van der Waals surface area (Å²) in [6, 6.07) is 20.2. The number of anilines is 1. The summed E-state index contributed by atoms with van der Waals surface area (Å²) in [5.74, 6) is 1.79. The number of aliphatic hydroxyl groups is 1. The number of β-amino-alcohol motifs (C(OH)–C–C–N with tert-alkyl or cyclic N) is 1. The summed E-state index contributed by atoms with van der Waals surface area (Å²) in [6.07, 6.45) is 1.66. The Morgan fingerprint density at radius 1 is 0.939 bits per heavy atom. The van der Waals surface area contributed by atoms with Crippen molar-refractivity contribution in [3.8, 4) is 22.6 Å². The lowest BCUT2D eigenvalue weighted by Crippen LogP contribution is -2.24. The fraction of sp³-hybridized carbons (Fsp3) is 0.357. The van der Waals surface area contributed by atoms with Crippen LogP contribution >= 0.6 is 0 Å². The second-order valence-electron chi connectivity index (χ2n) is 8.84. The number of aliphatic hydroxyl groups excluding tert-OH is 1. The highest BCUT2D eigenvalue weighted by Gasteiger charge is 2.19. The first kappa shape index (κ1) is 23.1. The largest absolute Gasteiger partial charge is 0.493 e. The maximum atomic E-state index is 9.67. The number of benzene rings is 3. The Hall–Kier alpha value is -3.02. The molecule has 3 N–H and O–H groups in total. The minimum atomic E-state index is -0.168. The maximum Gasteiger partial charge on any atom is 0.123 e. The average molecular weight is 447 g/mol. The predicted octanol–water partition coefficient (Wildman–Crippen LogP) is 4.97. The van der Waals surface area contributed by atoms with Crippen LogP contribution in [0, 0.1) is 13.8 Å². The Kier molecular flexibility index (Phi) is 7.53. The lowest BCUT2D eigenvalue weighted by Gasteiger charge is -2.18. The van der Waals surface area contributed by atoms with Gasteiger partial charge in [-0.1, -0.05) is 36.4 Å². The van der Waals surface area contributed by atoms with Crippen molar-refractivity contribution in [2.45, 2.75) is 39.4 Å². The van der Waals surface area contributed by atoms with E-state index in [1.54, 1.807) is 0 Å². The quantitative estimate of drug-likeness (QED) is 0.359. The normalized spacial score (nSPS) is 16.2. The molecule has 1 atom stereocenters. The van der Waals surface area contributed by atoms with E-state index in [0.29, 0.717) is 13.2 Å². The van der Waals surface area contributed by atoms with E-state index in [0.717, 1.165) is 77.5 Å². The topological polar surface area (TPSA) is 68.0 Å². The zero-order valence-electron chi connectivity index (χ0n) is 19.6. The summed E-state index contributed by atoms with van der Waals surface area (Å²) >= 11 is 0. The van der Waals surface area contributed by atoms with E-state index < -0.39 is 0 Å². The van der Waals surface area contributed by atoms with Gasteiger partial charge in [0.1, 0.15) is 18.1 Å². The predicted molar refractivity (Wildman–Crippen MR) is 134 cm³/mol. The molecule has 0 radical (unpaired) electrons. The van der Waals surface area contributed by atoms with E-state index in [4.69, 9.17) is 15.2 Å². The molecule has 0 aliphatic carbocycles. The number of nitrogens with zero attached hydrogens (tertiary/aromatic N) is 1. The van der Waals surface area contributed by atoms with Crippen LogP contribution in [-0.2, 0) is 6.61 Å². The SMILES string of the molecule is Cc1c(OCCCN2CC[C@@H](O)C2)cccc1-c1cccc(OCc2cccc(N)c2)c1C. The Morgan fingerprint density at radius 3 is 2.24 bits per heavy atom. The lowest BCUT2D eigenvalue weighted by molar-refractivity contribution is 0.173. The third-order valence-corrected chi connectivity index (χ3v) is 6.33. The second kappa shape index (κ2) is 10.7. The molecule has 5 heteroatoms. The van der Waals surface area contributed by atoms with Crippen molar-refractivity contribution in [1.82, 2.24) is 4.90 Å². The molecule has 33 heavy (non-hydrogen) atoms. The molecule has 3 aromatic rings. The molecule has 0 aromatic heterocycles. The van der Waals surface area contributed by atoms with Gasteiger partial charge in [-0.05, 0) is 78.8 Å². The van der Waals surface area contributed by atoms with Gasteiger partial charge in [-0.2, -0.15) is 0 Å². The van der Waals surface area contributed by atoms with Gasteiger partial charge in [0.05, 0.1) is 12.7 Å². The van der Waals surface area contributed by atoms with E-state index in [1.165, 1.54) is 0 Å². The Balaban J connectivity index is 1.42. The van der Waals surface area contributed by atoms with E-state index >= 15 is 0 Å². The van der Waals surface area contributed by atoms with Crippen LogP contribution in [0.4, 0.5) is 5.69 Å². The minimum Gasteiger partial charge on any atom is -0.493 e. The third-order valence-electron chi connectivity index (χ3n) is 6.33. The van der Waals surface area contributed by atoms with Gasteiger partial charge >= 0.3 is 0 Å². The Bertz CT molecular complexity index is 1080. The smallest absolute Gasteiger partial charge is 0.123 e. The molecule has 0 bridgehead atoms. The molecule has 0 saturated carbocycles. The van der Waals surface area contributed by atoms with Crippen LogP contribution in [0.3, 0.4) is 0 Å². The average Bonchev–Trinajstić information content (AvgIpc) is 3.22. The Labute approximate surface area is 196 Å². The van der Waals surface area contributed by atoms with Crippen LogP contribution in [0.15, 0.2) is 60.7 Å². The number of nitrogens with two attached hydrogens (primary N) is 1. The first-order valence-electron chi connectivity index (χ1n) is 11.7. The van der Waals surface area contributed by atoms with E-state index in [-0.39, 0.29) is 6.10 Å². The summed E-state index contributed by atoms with van der Waals surface area (Å²) in [4.78, 5) is 2.30. The van der Waals surface area contributed by atoms with Gasteiger partial charge in [0, 0.05) is 25.3 Å². The highest BCUT2D eigenvalue weighted by Crippen LogP contribution is 2.35. The zero-order valence-corrected chi connectivity index (χ0v) is 19.6. The van der Waals surface area contributed by atoms with Crippen LogP contribution in [0.5, 0.6) is 11.5 Å². The number of hydrogen-bond acceptors (Lipinski definition) is 5. The number of likely N-dealkylation sites (tertiary alicyclic amines) is 1. The summed E-state index contributed by atoms with van der Waals surface area (Å²) in [6.45, 7) is 8.07. The van der Waals surface area contributed by atoms with Crippen molar-refractivity contribution in [1.29, 1.82) is 0 Å². The molecule has 0 unspecified atom stereocenters. The fourth-order valence-corrected chi connectivity index (χ4v) is 4.45. The number of rotatable bonds is 9. The molecule has 5 nitrogen and oxygen atoms in total. The lowest BCUT2D eigenvalue weighted by atomic mass is 9.95. The van der Waals surface area contributed by atoms with Gasteiger partial charge in [0.2, 0.25) is 0 Å². The molecule has 0 spiro atoms. The maximum absolute atomic E-state index is 9.67.